The number of hydrogen-bond acceptors (Lipinski definition) is 4. The Morgan fingerprint density at radius 1 is 0.870 bits per heavy atom. The van der Waals surface area contributed by atoms with Crippen LogP contribution in [0, 0.1) is 0 Å². The van der Waals surface area contributed by atoms with Gasteiger partial charge >= 0.3 is 0 Å². The van der Waals surface area contributed by atoms with Gasteiger partial charge in [0.2, 0.25) is 0 Å². The highest BCUT2D eigenvalue weighted by molar-refractivity contribution is 5.98. The van der Waals surface area contributed by atoms with Crippen LogP contribution >= 0.6 is 0 Å². The molecule has 5 heteroatoms. The maximum atomic E-state index is 12.7. The van der Waals surface area contributed by atoms with Gasteiger partial charge in [-0.25, -0.2) is 9.97 Å². The topological polar surface area (TPSA) is 49.3 Å². The van der Waals surface area contributed by atoms with Crippen molar-refractivity contribution < 1.29 is 4.79 Å². The van der Waals surface area contributed by atoms with Crippen molar-refractivity contribution in [2.75, 3.05) is 33.2 Å². The molecule has 23 heavy (non-hydrogen) atoms. The number of amides is 1. The number of carbonyl (C=O) groups excluding carboxylic acids is 1. The Hall–Kier alpha value is -2.53. The maximum Gasteiger partial charge on any atom is 0.254 e. The lowest BCUT2D eigenvalue weighted by molar-refractivity contribution is 0.0664. The van der Waals surface area contributed by atoms with Crippen LogP contribution < -0.4 is 0 Å². The van der Waals surface area contributed by atoms with Crippen molar-refractivity contribution in [3.63, 3.8) is 0 Å². The fraction of sp³-hybridized carbons (Fsp3) is 0.278. The van der Waals surface area contributed by atoms with Crippen molar-refractivity contribution in [3.05, 3.63) is 48.0 Å². The lowest BCUT2D eigenvalue weighted by Crippen LogP contribution is -2.47. The third-order valence-corrected chi connectivity index (χ3v) is 4.38. The zero-order valence-electron chi connectivity index (χ0n) is 13.1. The monoisotopic (exact) mass is 306 g/mol. The molecule has 2 heterocycles. The predicted molar refractivity (Wildman–Crippen MR) is 90.4 cm³/mol. The van der Waals surface area contributed by atoms with Gasteiger partial charge in [-0.3, -0.25) is 4.79 Å². The van der Waals surface area contributed by atoms with E-state index in [1.165, 1.54) is 0 Å². The van der Waals surface area contributed by atoms with Crippen LogP contribution in [0.1, 0.15) is 10.4 Å². The van der Waals surface area contributed by atoms with Crippen LogP contribution in [-0.4, -0.2) is 58.9 Å². The van der Waals surface area contributed by atoms with Gasteiger partial charge in [0.05, 0.1) is 22.1 Å². The number of piperazine rings is 1. The Balaban J connectivity index is 1.70. The average molecular weight is 306 g/mol. The first kappa shape index (κ1) is 14.1. The Labute approximate surface area is 134 Å². The van der Waals surface area contributed by atoms with Crippen molar-refractivity contribution in [2.24, 2.45) is 0 Å². The van der Waals surface area contributed by atoms with E-state index in [0.717, 1.165) is 48.2 Å². The zero-order chi connectivity index (χ0) is 15.8. The van der Waals surface area contributed by atoms with Gasteiger partial charge in [0.15, 0.2) is 0 Å². The van der Waals surface area contributed by atoms with E-state index in [4.69, 9.17) is 0 Å². The van der Waals surface area contributed by atoms with E-state index < -0.39 is 0 Å². The standard InChI is InChI=1S/C18H18N4O/c1-21-8-10-22(11-9-21)18(23)13-6-7-16-17(12-13)20-15-5-3-2-4-14(15)19-16/h2-7,12H,8-11H2,1H3. The number of hydrogen-bond donors (Lipinski definition) is 0. The molecule has 0 aliphatic carbocycles. The normalized spacial score (nSPS) is 16.1. The summed E-state index contributed by atoms with van der Waals surface area (Å²) >= 11 is 0. The molecule has 3 aromatic rings. The third-order valence-electron chi connectivity index (χ3n) is 4.38. The van der Waals surface area contributed by atoms with Crippen molar-refractivity contribution in [3.8, 4) is 0 Å². The molecule has 0 N–H and O–H groups in total. The lowest BCUT2D eigenvalue weighted by atomic mass is 10.1. The quantitative estimate of drug-likeness (QED) is 0.647. The molecule has 1 saturated heterocycles. The molecule has 2 aromatic carbocycles. The van der Waals surface area contributed by atoms with E-state index in [1.807, 2.05) is 47.4 Å². The summed E-state index contributed by atoms with van der Waals surface area (Å²) in [6, 6.07) is 13.4. The van der Waals surface area contributed by atoms with E-state index in [9.17, 15) is 4.79 Å². The van der Waals surface area contributed by atoms with Gasteiger partial charge in [0.25, 0.3) is 5.91 Å². The highest BCUT2D eigenvalue weighted by atomic mass is 16.2. The summed E-state index contributed by atoms with van der Waals surface area (Å²) in [4.78, 5) is 26.1. The molecule has 5 nitrogen and oxygen atoms in total. The summed E-state index contributed by atoms with van der Waals surface area (Å²) < 4.78 is 0. The molecule has 1 aliphatic heterocycles. The molecule has 0 saturated carbocycles. The second-order valence-electron chi connectivity index (χ2n) is 6.01. The first-order chi connectivity index (χ1) is 11.2. The molecule has 4 rings (SSSR count). The van der Waals surface area contributed by atoms with Gasteiger partial charge in [-0.2, -0.15) is 0 Å². The van der Waals surface area contributed by atoms with Gasteiger partial charge in [0, 0.05) is 31.7 Å². The van der Waals surface area contributed by atoms with E-state index in [2.05, 4.69) is 21.9 Å². The molecular weight excluding hydrogens is 288 g/mol. The Bertz CT molecular complexity index is 884. The summed E-state index contributed by atoms with van der Waals surface area (Å²) in [5, 5.41) is 0. The second-order valence-corrected chi connectivity index (χ2v) is 6.01. The SMILES string of the molecule is CN1CCN(C(=O)c2ccc3nc4ccccc4nc3c2)CC1. The van der Waals surface area contributed by atoms with Gasteiger partial charge in [-0.1, -0.05) is 12.1 Å². The third kappa shape index (κ3) is 2.64. The minimum Gasteiger partial charge on any atom is -0.336 e. The summed E-state index contributed by atoms with van der Waals surface area (Å²) in [5.74, 6) is 0.0787. The Kier molecular flexibility index (Phi) is 3.42. The van der Waals surface area contributed by atoms with Gasteiger partial charge < -0.3 is 9.80 Å². The Morgan fingerprint density at radius 3 is 2.17 bits per heavy atom. The van der Waals surface area contributed by atoms with Crippen LogP contribution in [0.2, 0.25) is 0 Å². The van der Waals surface area contributed by atoms with E-state index in [-0.39, 0.29) is 5.91 Å². The molecule has 0 radical (unpaired) electrons. The van der Waals surface area contributed by atoms with E-state index >= 15 is 0 Å². The fourth-order valence-corrected chi connectivity index (χ4v) is 2.95. The van der Waals surface area contributed by atoms with E-state index in [1.54, 1.807) is 0 Å². The number of likely N-dealkylation sites (N-methyl/N-ethyl adjacent to an activating group) is 1. The molecular formula is C18H18N4O. The lowest BCUT2D eigenvalue weighted by Gasteiger charge is -2.32. The predicted octanol–water partition coefficient (Wildman–Crippen LogP) is 2.17. The van der Waals surface area contributed by atoms with Crippen molar-refractivity contribution in [2.45, 2.75) is 0 Å². The molecule has 1 aliphatic rings. The van der Waals surface area contributed by atoms with Gasteiger partial charge in [0.1, 0.15) is 0 Å². The molecule has 0 unspecified atom stereocenters. The smallest absolute Gasteiger partial charge is 0.254 e. The van der Waals surface area contributed by atoms with Crippen molar-refractivity contribution >= 4 is 28.0 Å². The number of para-hydroxylation sites is 2. The summed E-state index contributed by atoms with van der Waals surface area (Å²) in [6.07, 6.45) is 0. The zero-order valence-corrected chi connectivity index (χ0v) is 13.1. The number of fused-ring (bicyclic) bond motifs is 2. The number of rotatable bonds is 1. The minimum atomic E-state index is 0.0787. The van der Waals surface area contributed by atoms with E-state index in [0.29, 0.717) is 5.56 Å². The molecule has 1 aromatic heterocycles. The first-order valence-corrected chi connectivity index (χ1v) is 7.85. The maximum absolute atomic E-state index is 12.7. The van der Waals surface area contributed by atoms with Crippen LogP contribution in [0.3, 0.4) is 0 Å². The average Bonchev–Trinajstić information content (AvgIpc) is 2.59. The Morgan fingerprint density at radius 2 is 1.48 bits per heavy atom. The van der Waals surface area contributed by atoms with Crippen molar-refractivity contribution in [1.82, 2.24) is 19.8 Å². The highest BCUT2D eigenvalue weighted by Crippen LogP contribution is 2.18. The van der Waals surface area contributed by atoms with Crippen LogP contribution in [0.4, 0.5) is 0 Å². The van der Waals surface area contributed by atoms with Crippen LogP contribution in [0.25, 0.3) is 22.1 Å². The van der Waals surface area contributed by atoms with Crippen molar-refractivity contribution in [1.29, 1.82) is 0 Å². The summed E-state index contributed by atoms with van der Waals surface area (Å²) in [7, 11) is 2.08. The number of benzene rings is 2. The van der Waals surface area contributed by atoms with Crippen LogP contribution in [0.15, 0.2) is 42.5 Å². The number of carbonyl (C=O) groups is 1. The number of aromatic nitrogens is 2. The molecule has 1 fully saturated rings. The fourth-order valence-electron chi connectivity index (χ4n) is 2.95. The van der Waals surface area contributed by atoms with Gasteiger partial charge in [-0.05, 0) is 37.4 Å². The van der Waals surface area contributed by atoms with Crippen LogP contribution in [-0.2, 0) is 0 Å². The molecule has 0 bridgehead atoms. The largest absolute Gasteiger partial charge is 0.336 e. The van der Waals surface area contributed by atoms with Gasteiger partial charge in [-0.15, -0.1) is 0 Å². The first-order valence-electron chi connectivity index (χ1n) is 7.85. The molecule has 0 atom stereocenters. The minimum absolute atomic E-state index is 0.0787. The molecule has 0 spiro atoms. The summed E-state index contributed by atoms with van der Waals surface area (Å²) in [6.45, 7) is 3.39. The number of nitrogens with zero attached hydrogens (tertiary/aromatic N) is 4. The second kappa shape index (κ2) is 5.59. The molecule has 116 valence electrons. The molecule has 1 amide bonds. The summed E-state index contributed by atoms with van der Waals surface area (Å²) in [5.41, 5.74) is 4.00. The highest BCUT2D eigenvalue weighted by Gasteiger charge is 2.20. The van der Waals surface area contributed by atoms with Crippen LogP contribution in [0.5, 0.6) is 0 Å².